The first-order chi connectivity index (χ1) is 13.2. The van der Waals surface area contributed by atoms with Gasteiger partial charge in [0.15, 0.2) is 11.3 Å². The summed E-state index contributed by atoms with van der Waals surface area (Å²) in [6, 6.07) is 0. The zero-order chi connectivity index (χ0) is 20.8. The zero-order valence-electron chi connectivity index (χ0n) is 17.2. The fourth-order valence-corrected chi connectivity index (χ4v) is 3.65. The summed E-state index contributed by atoms with van der Waals surface area (Å²) in [5.41, 5.74) is 2.66. The molecule has 2 rings (SSSR count). The van der Waals surface area contributed by atoms with Gasteiger partial charge in [-0.05, 0) is 39.0 Å². The molecule has 1 aromatic heterocycles. The van der Waals surface area contributed by atoms with Crippen molar-refractivity contribution in [2.45, 2.75) is 51.8 Å². The number of carbonyl (C=O) groups is 3. The zero-order valence-corrected chi connectivity index (χ0v) is 18.0. The van der Waals surface area contributed by atoms with E-state index >= 15 is 0 Å². The Hall–Kier alpha value is -2.16. The van der Waals surface area contributed by atoms with E-state index in [1.54, 1.807) is 16.7 Å². The fourth-order valence-electron chi connectivity index (χ4n) is 3.19. The minimum Gasteiger partial charge on any atom is -0.453 e. The summed E-state index contributed by atoms with van der Waals surface area (Å²) in [7, 11) is 0. The van der Waals surface area contributed by atoms with Crippen molar-refractivity contribution in [3.63, 3.8) is 0 Å². The van der Waals surface area contributed by atoms with Crippen LogP contribution in [-0.2, 0) is 25.5 Å². The second-order valence-electron chi connectivity index (χ2n) is 6.82. The van der Waals surface area contributed by atoms with Crippen LogP contribution in [0, 0.1) is 13.8 Å². The Balaban J connectivity index is 1.84. The van der Waals surface area contributed by atoms with Crippen LogP contribution < -0.4 is 0 Å². The number of rotatable bonds is 6. The first-order valence-electron chi connectivity index (χ1n) is 9.34. The number of esters is 1. The molecule has 0 spiro atoms. The molecule has 1 atom stereocenters. The summed E-state index contributed by atoms with van der Waals surface area (Å²) >= 11 is 1.48. The number of aromatic nitrogens is 2. The van der Waals surface area contributed by atoms with Gasteiger partial charge in [0.1, 0.15) is 0 Å². The number of hydrogen-bond acceptors (Lipinski definition) is 7. The third kappa shape index (κ3) is 5.67. The summed E-state index contributed by atoms with van der Waals surface area (Å²) in [5, 5.41) is 0.713. The predicted octanol–water partition coefficient (Wildman–Crippen LogP) is 1.37. The molecule has 154 valence electrons. The fraction of sp³-hybridized carbons (Fsp3) is 0.632. The van der Waals surface area contributed by atoms with Crippen LogP contribution in [0.4, 0.5) is 0 Å². The first-order valence-corrected chi connectivity index (χ1v) is 10.6. The lowest BCUT2D eigenvalue weighted by Gasteiger charge is -2.35. The average Bonchev–Trinajstić information content (AvgIpc) is 2.66. The van der Waals surface area contributed by atoms with E-state index in [1.807, 2.05) is 20.1 Å². The third-order valence-electron chi connectivity index (χ3n) is 4.85. The highest BCUT2D eigenvalue weighted by atomic mass is 32.2. The molecule has 1 unspecified atom stereocenters. The Morgan fingerprint density at radius 2 is 1.61 bits per heavy atom. The lowest BCUT2D eigenvalue weighted by Crippen LogP contribution is -2.52. The molecule has 0 radical (unpaired) electrons. The molecule has 0 aromatic carbocycles. The number of amides is 2. The molecular weight excluding hydrogens is 380 g/mol. The van der Waals surface area contributed by atoms with E-state index in [4.69, 9.17) is 4.74 Å². The monoisotopic (exact) mass is 408 g/mol. The van der Waals surface area contributed by atoms with Crippen LogP contribution >= 0.6 is 11.8 Å². The minimum absolute atomic E-state index is 0.00621. The van der Waals surface area contributed by atoms with Crippen molar-refractivity contribution >= 4 is 29.5 Å². The van der Waals surface area contributed by atoms with Crippen LogP contribution in [-0.4, -0.2) is 76.1 Å². The second kappa shape index (κ2) is 9.86. The summed E-state index contributed by atoms with van der Waals surface area (Å²) in [6.07, 6.45) is 1.72. The second-order valence-corrected chi connectivity index (χ2v) is 7.60. The van der Waals surface area contributed by atoms with Gasteiger partial charge in [0, 0.05) is 50.9 Å². The molecule has 1 aliphatic rings. The average molecular weight is 409 g/mol. The Bertz CT molecular complexity index is 724. The Kier molecular flexibility index (Phi) is 7.79. The molecular formula is C19H28N4O4S. The molecule has 1 aromatic rings. The van der Waals surface area contributed by atoms with E-state index in [0.29, 0.717) is 37.8 Å². The summed E-state index contributed by atoms with van der Waals surface area (Å²) in [6.45, 7) is 8.84. The molecule has 28 heavy (non-hydrogen) atoms. The van der Waals surface area contributed by atoms with Crippen molar-refractivity contribution in [3.05, 3.63) is 17.0 Å². The van der Waals surface area contributed by atoms with Gasteiger partial charge in [-0.2, -0.15) is 0 Å². The molecule has 0 aliphatic carbocycles. The predicted molar refractivity (Wildman–Crippen MR) is 106 cm³/mol. The van der Waals surface area contributed by atoms with Crippen molar-refractivity contribution in [2.24, 2.45) is 0 Å². The van der Waals surface area contributed by atoms with Crippen LogP contribution in [0.5, 0.6) is 0 Å². The SMILES string of the molecule is CSc1nc(C)c(CCC(=O)OC(C)C(=O)N2CCN(C(C)=O)CC2)c(C)n1. The molecule has 2 heterocycles. The van der Waals surface area contributed by atoms with Gasteiger partial charge < -0.3 is 14.5 Å². The van der Waals surface area contributed by atoms with Crippen LogP contribution in [0.15, 0.2) is 5.16 Å². The van der Waals surface area contributed by atoms with Gasteiger partial charge in [-0.15, -0.1) is 0 Å². The van der Waals surface area contributed by atoms with Crippen molar-refractivity contribution < 1.29 is 19.1 Å². The maximum atomic E-state index is 12.5. The molecule has 1 aliphatic heterocycles. The topological polar surface area (TPSA) is 92.7 Å². The number of piperazine rings is 1. The molecule has 0 bridgehead atoms. The van der Waals surface area contributed by atoms with Gasteiger partial charge in [0.25, 0.3) is 5.91 Å². The maximum Gasteiger partial charge on any atom is 0.306 e. The van der Waals surface area contributed by atoms with Crippen LogP contribution in [0.3, 0.4) is 0 Å². The normalized spacial score (nSPS) is 15.3. The summed E-state index contributed by atoms with van der Waals surface area (Å²) in [4.78, 5) is 48.2. The number of ether oxygens (including phenoxy) is 1. The van der Waals surface area contributed by atoms with E-state index in [9.17, 15) is 14.4 Å². The van der Waals surface area contributed by atoms with Gasteiger partial charge in [0.2, 0.25) is 5.91 Å². The first kappa shape index (κ1) is 22.1. The Labute approximate surface area is 170 Å². The summed E-state index contributed by atoms with van der Waals surface area (Å²) in [5.74, 6) is -0.640. The minimum atomic E-state index is -0.839. The quantitative estimate of drug-likeness (QED) is 0.399. The van der Waals surface area contributed by atoms with Gasteiger partial charge in [-0.25, -0.2) is 9.97 Å². The van der Waals surface area contributed by atoms with Gasteiger partial charge in [-0.1, -0.05) is 11.8 Å². The number of aryl methyl sites for hydroxylation is 2. The van der Waals surface area contributed by atoms with Crippen LogP contribution in [0.25, 0.3) is 0 Å². The molecule has 8 nitrogen and oxygen atoms in total. The van der Waals surface area contributed by atoms with E-state index in [1.165, 1.54) is 18.7 Å². The van der Waals surface area contributed by atoms with E-state index in [2.05, 4.69) is 9.97 Å². The van der Waals surface area contributed by atoms with E-state index in [-0.39, 0.29) is 18.2 Å². The smallest absolute Gasteiger partial charge is 0.306 e. The standard InChI is InChI=1S/C19H28N4O4S/c1-12-16(13(2)21-19(20-12)28-5)6-7-17(25)27-14(3)18(26)23-10-8-22(9-11-23)15(4)24/h14H,6-11H2,1-5H3. The highest BCUT2D eigenvalue weighted by Crippen LogP contribution is 2.17. The van der Waals surface area contributed by atoms with Crippen LogP contribution in [0.1, 0.15) is 37.2 Å². The highest BCUT2D eigenvalue weighted by molar-refractivity contribution is 7.98. The third-order valence-corrected chi connectivity index (χ3v) is 5.40. The molecule has 0 saturated carbocycles. The van der Waals surface area contributed by atoms with Gasteiger partial charge in [-0.3, -0.25) is 14.4 Å². The van der Waals surface area contributed by atoms with E-state index < -0.39 is 12.1 Å². The molecule has 9 heteroatoms. The van der Waals surface area contributed by atoms with Crippen molar-refractivity contribution in [1.29, 1.82) is 0 Å². The Morgan fingerprint density at radius 3 is 2.11 bits per heavy atom. The molecule has 1 saturated heterocycles. The molecule has 0 N–H and O–H groups in total. The largest absolute Gasteiger partial charge is 0.453 e. The highest BCUT2D eigenvalue weighted by Gasteiger charge is 2.27. The Morgan fingerprint density at radius 1 is 1.07 bits per heavy atom. The molecule has 1 fully saturated rings. The van der Waals surface area contributed by atoms with Crippen LogP contribution in [0.2, 0.25) is 0 Å². The summed E-state index contributed by atoms with van der Waals surface area (Å²) < 4.78 is 5.33. The maximum absolute atomic E-state index is 12.5. The van der Waals surface area contributed by atoms with Crippen molar-refractivity contribution in [1.82, 2.24) is 19.8 Å². The van der Waals surface area contributed by atoms with E-state index in [0.717, 1.165) is 17.0 Å². The van der Waals surface area contributed by atoms with Gasteiger partial charge in [0.05, 0.1) is 0 Å². The number of thioether (sulfide) groups is 1. The number of nitrogens with zero attached hydrogens (tertiary/aromatic N) is 4. The number of hydrogen-bond donors (Lipinski definition) is 0. The lowest BCUT2D eigenvalue weighted by atomic mass is 10.1. The van der Waals surface area contributed by atoms with Crippen molar-refractivity contribution in [2.75, 3.05) is 32.4 Å². The van der Waals surface area contributed by atoms with Crippen molar-refractivity contribution in [3.8, 4) is 0 Å². The number of carbonyl (C=O) groups excluding carboxylic acids is 3. The van der Waals surface area contributed by atoms with Gasteiger partial charge >= 0.3 is 5.97 Å². The molecule has 2 amide bonds. The lowest BCUT2D eigenvalue weighted by molar-refractivity contribution is -0.160.